The van der Waals surface area contributed by atoms with Crippen LogP contribution in [-0.2, 0) is 16.6 Å². The molecule has 112 valence electrons. The highest BCUT2D eigenvalue weighted by atomic mass is 32.2. The lowest BCUT2D eigenvalue weighted by molar-refractivity contribution is 0.0980. The molecule has 21 heavy (non-hydrogen) atoms. The highest BCUT2D eigenvalue weighted by molar-refractivity contribution is 7.89. The van der Waals surface area contributed by atoms with Crippen LogP contribution >= 0.6 is 0 Å². The third-order valence-electron chi connectivity index (χ3n) is 3.06. The third-order valence-corrected chi connectivity index (χ3v) is 3.62. The molecule has 0 saturated carbocycles. The molecular weight excluding hydrogens is 290 g/mol. The van der Waals surface area contributed by atoms with Crippen LogP contribution in [0.3, 0.4) is 0 Å². The Hall–Kier alpha value is -2.15. The maximum Gasteiger partial charge on any atom is 0.268 e. The van der Waals surface area contributed by atoms with Gasteiger partial charge < -0.3 is 0 Å². The maximum atomic E-state index is 12.0. The minimum atomic E-state index is -3.59. The molecule has 7 heteroatoms. The van der Waals surface area contributed by atoms with Crippen LogP contribution in [0.25, 0.3) is 0 Å². The molecule has 6 nitrogen and oxygen atoms in total. The number of aryl methyl sites for hydroxylation is 1. The lowest BCUT2D eigenvalue weighted by Crippen LogP contribution is -2.30. The number of nitrogens with one attached hydrogen (secondary N) is 1. The molecule has 0 aliphatic heterocycles. The molecule has 2 rings (SSSR count). The normalized spacial score (nSPS) is 11.4. The first-order chi connectivity index (χ1) is 9.78. The Morgan fingerprint density at radius 1 is 1.24 bits per heavy atom. The van der Waals surface area contributed by atoms with E-state index in [2.05, 4.69) is 5.10 Å². The van der Waals surface area contributed by atoms with Gasteiger partial charge in [0.1, 0.15) is 0 Å². The third kappa shape index (κ3) is 3.69. The largest absolute Gasteiger partial charge is 0.268 e. The smallest absolute Gasteiger partial charge is 0.268 e. The number of benzene rings is 1. The minimum absolute atomic E-state index is 0.302. The number of nitrogens with zero attached hydrogens (tertiary/aromatic N) is 2. The Kier molecular flexibility index (Phi) is 4.13. The maximum absolute atomic E-state index is 12.0. The van der Waals surface area contributed by atoms with E-state index >= 15 is 0 Å². The standard InChI is InChI=1S/C14H17N3O3S/c1-10-13(14(18)16-21(3,19)20)11(2)17(15-10)9-12-7-5-4-6-8-12/h4-8H,9H2,1-3H3,(H,16,18). The van der Waals surface area contributed by atoms with Gasteiger partial charge in [-0.2, -0.15) is 5.10 Å². The quantitative estimate of drug-likeness (QED) is 0.921. The number of hydrogen-bond acceptors (Lipinski definition) is 4. The molecule has 1 amide bonds. The fourth-order valence-electron chi connectivity index (χ4n) is 2.16. The topological polar surface area (TPSA) is 81.1 Å². The van der Waals surface area contributed by atoms with Crippen LogP contribution in [0.4, 0.5) is 0 Å². The van der Waals surface area contributed by atoms with Crippen molar-refractivity contribution in [2.45, 2.75) is 20.4 Å². The second-order valence-electron chi connectivity index (χ2n) is 4.89. The SMILES string of the molecule is Cc1nn(Cc2ccccc2)c(C)c1C(=O)NS(C)(=O)=O. The summed E-state index contributed by atoms with van der Waals surface area (Å²) >= 11 is 0. The summed E-state index contributed by atoms with van der Waals surface area (Å²) in [5.74, 6) is -0.646. The number of sulfonamides is 1. The van der Waals surface area contributed by atoms with Crippen molar-refractivity contribution in [3.63, 3.8) is 0 Å². The Morgan fingerprint density at radius 3 is 2.43 bits per heavy atom. The van der Waals surface area contributed by atoms with E-state index in [4.69, 9.17) is 0 Å². The van der Waals surface area contributed by atoms with Crippen molar-refractivity contribution in [1.29, 1.82) is 0 Å². The van der Waals surface area contributed by atoms with Crippen molar-refractivity contribution >= 4 is 15.9 Å². The molecule has 0 radical (unpaired) electrons. The van der Waals surface area contributed by atoms with Gasteiger partial charge in [-0.25, -0.2) is 13.1 Å². The van der Waals surface area contributed by atoms with E-state index in [9.17, 15) is 13.2 Å². The van der Waals surface area contributed by atoms with Gasteiger partial charge in [0.2, 0.25) is 10.0 Å². The van der Waals surface area contributed by atoms with Gasteiger partial charge in [0.05, 0.1) is 24.1 Å². The number of carbonyl (C=O) groups excluding carboxylic acids is 1. The zero-order valence-corrected chi connectivity index (χ0v) is 12.9. The van der Waals surface area contributed by atoms with E-state index in [1.54, 1.807) is 18.5 Å². The summed E-state index contributed by atoms with van der Waals surface area (Å²) in [6.45, 7) is 3.96. The predicted octanol–water partition coefficient (Wildman–Crippen LogP) is 1.24. The average molecular weight is 307 g/mol. The summed E-state index contributed by atoms with van der Waals surface area (Å²) in [6, 6.07) is 9.71. The van der Waals surface area contributed by atoms with Gasteiger partial charge in [0.25, 0.3) is 5.91 Å². The van der Waals surface area contributed by atoms with Crippen LogP contribution in [0, 0.1) is 13.8 Å². The first kappa shape index (κ1) is 15.2. The molecule has 1 aromatic carbocycles. The summed E-state index contributed by atoms with van der Waals surface area (Å²) in [5, 5.41) is 4.32. The second kappa shape index (κ2) is 5.69. The van der Waals surface area contributed by atoms with Crippen LogP contribution in [0.5, 0.6) is 0 Å². The zero-order chi connectivity index (χ0) is 15.6. The number of rotatable bonds is 4. The fraction of sp³-hybridized carbons (Fsp3) is 0.286. The predicted molar refractivity (Wildman–Crippen MR) is 79.6 cm³/mol. The van der Waals surface area contributed by atoms with E-state index in [-0.39, 0.29) is 0 Å². The number of aromatic nitrogens is 2. The first-order valence-corrected chi connectivity index (χ1v) is 8.27. The Morgan fingerprint density at radius 2 is 1.86 bits per heavy atom. The average Bonchev–Trinajstić information content (AvgIpc) is 2.63. The van der Waals surface area contributed by atoms with Crippen LogP contribution in [0.1, 0.15) is 27.3 Å². The molecule has 0 saturated heterocycles. The van der Waals surface area contributed by atoms with Gasteiger partial charge in [-0.05, 0) is 19.4 Å². The molecule has 0 unspecified atom stereocenters. The summed E-state index contributed by atoms with van der Waals surface area (Å²) in [4.78, 5) is 12.0. The van der Waals surface area contributed by atoms with Gasteiger partial charge >= 0.3 is 0 Å². The van der Waals surface area contributed by atoms with E-state index in [0.717, 1.165) is 11.8 Å². The number of amides is 1. The molecule has 0 spiro atoms. The lowest BCUT2D eigenvalue weighted by atomic mass is 10.2. The minimum Gasteiger partial charge on any atom is -0.268 e. The number of carbonyl (C=O) groups is 1. The first-order valence-electron chi connectivity index (χ1n) is 6.38. The monoisotopic (exact) mass is 307 g/mol. The zero-order valence-electron chi connectivity index (χ0n) is 12.1. The highest BCUT2D eigenvalue weighted by Crippen LogP contribution is 2.15. The molecule has 1 aromatic heterocycles. The molecule has 0 atom stereocenters. The van der Waals surface area contributed by atoms with E-state index in [1.807, 2.05) is 35.1 Å². The molecule has 1 N–H and O–H groups in total. The molecule has 0 aliphatic rings. The molecular formula is C14H17N3O3S. The summed E-state index contributed by atoms with van der Waals surface area (Å²) in [6.07, 6.45) is 0.948. The van der Waals surface area contributed by atoms with Gasteiger partial charge in [-0.1, -0.05) is 30.3 Å². The highest BCUT2D eigenvalue weighted by Gasteiger charge is 2.21. The van der Waals surface area contributed by atoms with Crippen LogP contribution < -0.4 is 4.72 Å². The molecule has 2 aromatic rings. The van der Waals surface area contributed by atoms with Gasteiger partial charge in [0.15, 0.2) is 0 Å². The second-order valence-corrected chi connectivity index (χ2v) is 6.64. The molecule has 1 heterocycles. The van der Waals surface area contributed by atoms with Crippen LogP contribution in [0.15, 0.2) is 30.3 Å². The Labute approximate surface area is 123 Å². The van der Waals surface area contributed by atoms with E-state index in [1.165, 1.54) is 0 Å². The van der Waals surface area contributed by atoms with Crippen molar-refractivity contribution in [2.24, 2.45) is 0 Å². The summed E-state index contributed by atoms with van der Waals surface area (Å²) in [5.41, 5.74) is 2.50. The fourth-order valence-corrected chi connectivity index (χ4v) is 2.59. The Balaban J connectivity index is 2.32. The van der Waals surface area contributed by atoms with Gasteiger partial charge in [0, 0.05) is 5.69 Å². The molecule has 0 aliphatic carbocycles. The molecule has 0 bridgehead atoms. The Bertz CT molecular complexity index is 764. The van der Waals surface area contributed by atoms with Crippen molar-refractivity contribution in [3.8, 4) is 0 Å². The summed E-state index contributed by atoms with van der Waals surface area (Å²) < 4.78 is 26.0. The van der Waals surface area contributed by atoms with Crippen molar-refractivity contribution < 1.29 is 13.2 Å². The van der Waals surface area contributed by atoms with Gasteiger partial charge in [-0.3, -0.25) is 9.48 Å². The lowest BCUT2D eigenvalue weighted by Gasteiger charge is -2.06. The van der Waals surface area contributed by atoms with E-state index in [0.29, 0.717) is 23.5 Å². The number of hydrogen-bond donors (Lipinski definition) is 1. The van der Waals surface area contributed by atoms with Crippen LogP contribution in [-0.4, -0.2) is 30.4 Å². The van der Waals surface area contributed by atoms with Crippen LogP contribution in [0.2, 0.25) is 0 Å². The molecule has 0 fully saturated rings. The van der Waals surface area contributed by atoms with Crippen molar-refractivity contribution in [3.05, 3.63) is 52.8 Å². The van der Waals surface area contributed by atoms with Crippen molar-refractivity contribution in [1.82, 2.24) is 14.5 Å². The summed E-state index contributed by atoms with van der Waals surface area (Å²) in [7, 11) is -3.59. The van der Waals surface area contributed by atoms with E-state index < -0.39 is 15.9 Å². The van der Waals surface area contributed by atoms with Crippen molar-refractivity contribution in [2.75, 3.05) is 6.26 Å². The van der Waals surface area contributed by atoms with Gasteiger partial charge in [-0.15, -0.1) is 0 Å².